The Morgan fingerprint density at radius 2 is 0.900 bits per heavy atom. The lowest BCUT2D eigenvalue weighted by Gasteiger charge is -2.40. The highest BCUT2D eigenvalue weighted by atomic mass is 16.7. The van der Waals surface area contributed by atoms with E-state index in [4.69, 9.17) is 14.2 Å². The van der Waals surface area contributed by atoms with Gasteiger partial charge in [-0.3, -0.25) is 9.59 Å². The van der Waals surface area contributed by atoms with Crippen molar-refractivity contribution in [1.29, 1.82) is 0 Å². The van der Waals surface area contributed by atoms with Crippen LogP contribution in [0.4, 0.5) is 0 Å². The minimum absolute atomic E-state index is 0.00322. The Bertz CT molecular complexity index is 1170. The number of nitrogens with one attached hydrogen (secondary N) is 1. The average molecular weight is 997 g/mol. The van der Waals surface area contributed by atoms with E-state index in [9.17, 15) is 35.1 Å². The van der Waals surface area contributed by atoms with Crippen molar-refractivity contribution in [2.24, 2.45) is 0 Å². The van der Waals surface area contributed by atoms with E-state index in [2.05, 4.69) is 19.2 Å². The molecule has 1 aliphatic rings. The van der Waals surface area contributed by atoms with Crippen molar-refractivity contribution in [1.82, 2.24) is 5.32 Å². The molecule has 1 aliphatic heterocycles. The topological polar surface area (TPSA) is 175 Å². The van der Waals surface area contributed by atoms with Crippen LogP contribution in [-0.2, 0) is 23.8 Å². The molecule has 0 spiro atoms. The van der Waals surface area contributed by atoms with Crippen LogP contribution in [0.3, 0.4) is 0 Å². The van der Waals surface area contributed by atoms with Gasteiger partial charge in [-0.1, -0.05) is 257 Å². The Labute approximate surface area is 429 Å². The van der Waals surface area contributed by atoms with Crippen molar-refractivity contribution in [3.63, 3.8) is 0 Å². The Morgan fingerprint density at radius 3 is 1.33 bits per heavy atom. The van der Waals surface area contributed by atoms with Crippen LogP contribution in [-0.4, -0.2) is 100 Å². The summed E-state index contributed by atoms with van der Waals surface area (Å²) in [6, 6.07) is -0.809. The maximum atomic E-state index is 13.0. The fourth-order valence-electron chi connectivity index (χ4n) is 9.61. The fourth-order valence-corrected chi connectivity index (χ4v) is 9.61. The quantitative estimate of drug-likeness (QED) is 0.0195. The second-order valence-corrected chi connectivity index (χ2v) is 21.1. The normalized spacial score (nSPS) is 19.2. The van der Waals surface area contributed by atoms with Gasteiger partial charge in [-0.15, -0.1) is 0 Å². The van der Waals surface area contributed by atoms with Crippen LogP contribution < -0.4 is 5.32 Å². The van der Waals surface area contributed by atoms with Gasteiger partial charge in [-0.25, -0.2) is 0 Å². The van der Waals surface area contributed by atoms with Crippen LogP contribution in [0.1, 0.15) is 290 Å². The summed E-state index contributed by atoms with van der Waals surface area (Å²) >= 11 is 0. The van der Waals surface area contributed by atoms with Crippen molar-refractivity contribution < 1.29 is 49.3 Å². The number of rotatable bonds is 52. The first-order chi connectivity index (χ1) is 34.2. The number of hydrogen-bond donors (Lipinski definition) is 6. The molecule has 0 aromatic rings. The molecular formula is C59H113NO10. The standard InChI is InChI=1S/C59H113NO10/c1-3-5-7-9-11-13-14-15-24-27-31-35-39-43-47-55(64)68-48-44-40-36-32-28-25-22-20-18-16-17-19-21-23-26-30-34-38-42-46-54(63)60-51(52(62)45-41-37-33-29-12-10-8-6-4-2)50-69-59-58(67)57(66)56(65)53(49-61)70-59/h41,45,51-53,56-59,61-62,65-67H,3-40,42-44,46-50H2,1-2H3,(H,60,63)/b45-41+. The molecule has 1 amide bonds. The summed E-state index contributed by atoms with van der Waals surface area (Å²) in [5, 5.41) is 54.2. The maximum Gasteiger partial charge on any atom is 0.305 e. The average Bonchev–Trinajstić information content (AvgIpc) is 3.36. The van der Waals surface area contributed by atoms with Gasteiger partial charge in [-0.2, -0.15) is 0 Å². The first kappa shape index (κ1) is 66.4. The van der Waals surface area contributed by atoms with Crippen LogP contribution in [0.25, 0.3) is 0 Å². The fraction of sp³-hybridized carbons (Fsp3) is 0.932. The molecule has 11 heteroatoms. The second-order valence-electron chi connectivity index (χ2n) is 21.1. The van der Waals surface area contributed by atoms with E-state index in [1.807, 2.05) is 6.08 Å². The number of ether oxygens (including phenoxy) is 3. The lowest BCUT2D eigenvalue weighted by molar-refractivity contribution is -0.302. The van der Waals surface area contributed by atoms with E-state index in [0.717, 1.165) is 64.2 Å². The molecule has 1 heterocycles. The molecule has 0 bridgehead atoms. The van der Waals surface area contributed by atoms with Gasteiger partial charge in [-0.05, 0) is 32.1 Å². The third-order valence-corrected chi connectivity index (χ3v) is 14.4. The predicted octanol–water partition coefficient (Wildman–Crippen LogP) is 13.6. The van der Waals surface area contributed by atoms with Crippen molar-refractivity contribution in [3.8, 4) is 0 Å². The number of esters is 1. The van der Waals surface area contributed by atoms with Crippen molar-refractivity contribution in [2.75, 3.05) is 19.8 Å². The van der Waals surface area contributed by atoms with Gasteiger partial charge in [0.1, 0.15) is 24.4 Å². The Balaban J connectivity index is 2.01. The SMILES string of the molecule is CCCCCCCCC/C=C/C(O)C(COC1OC(CO)C(O)C(O)C1O)NC(=O)CCCCCCCCCCCCCCCCCCCCCOC(=O)CCCCCCCCCCCCCCCC. The zero-order valence-corrected chi connectivity index (χ0v) is 45.5. The summed E-state index contributed by atoms with van der Waals surface area (Å²) in [6.07, 6.45) is 47.4. The van der Waals surface area contributed by atoms with Gasteiger partial charge in [0, 0.05) is 12.8 Å². The summed E-state index contributed by atoms with van der Waals surface area (Å²) < 4.78 is 16.7. The third-order valence-electron chi connectivity index (χ3n) is 14.4. The number of amides is 1. The molecule has 1 rings (SSSR count). The molecule has 7 unspecified atom stereocenters. The van der Waals surface area contributed by atoms with Crippen LogP contribution >= 0.6 is 0 Å². The Morgan fingerprint density at radius 1 is 0.514 bits per heavy atom. The summed E-state index contributed by atoms with van der Waals surface area (Å²) in [6.45, 7) is 4.32. The minimum Gasteiger partial charge on any atom is -0.466 e. The van der Waals surface area contributed by atoms with Crippen LogP contribution in [0.5, 0.6) is 0 Å². The molecule has 0 aliphatic carbocycles. The van der Waals surface area contributed by atoms with Crippen molar-refractivity contribution >= 4 is 11.9 Å². The number of carbonyl (C=O) groups excluding carboxylic acids is 2. The van der Waals surface area contributed by atoms with Gasteiger partial charge in [0.05, 0.1) is 32.0 Å². The molecular weight excluding hydrogens is 883 g/mol. The highest BCUT2D eigenvalue weighted by molar-refractivity contribution is 5.76. The summed E-state index contributed by atoms with van der Waals surface area (Å²) in [7, 11) is 0. The van der Waals surface area contributed by atoms with Gasteiger partial charge >= 0.3 is 5.97 Å². The van der Waals surface area contributed by atoms with Crippen LogP contribution in [0.2, 0.25) is 0 Å². The van der Waals surface area contributed by atoms with Crippen LogP contribution in [0.15, 0.2) is 12.2 Å². The molecule has 0 radical (unpaired) electrons. The molecule has 0 aromatic heterocycles. The van der Waals surface area contributed by atoms with E-state index < -0.39 is 49.5 Å². The molecule has 11 nitrogen and oxygen atoms in total. The lowest BCUT2D eigenvalue weighted by atomic mass is 9.99. The smallest absolute Gasteiger partial charge is 0.305 e. The number of hydrogen-bond acceptors (Lipinski definition) is 10. The lowest BCUT2D eigenvalue weighted by Crippen LogP contribution is -2.60. The number of carbonyl (C=O) groups is 2. The third kappa shape index (κ3) is 38.9. The largest absolute Gasteiger partial charge is 0.466 e. The van der Waals surface area contributed by atoms with E-state index in [1.165, 1.54) is 199 Å². The van der Waals surface area contributed by atoms with Crippen molar-refractivity contribution in [3.05, 3.63) is 12.2 Å². The number of allylic oxidation sites excluding steroid dienone is 1. The molecule has 7 atom stereocenters. The maximum absolute atomic E-state index is 13.0. The first-order valence-corrected chi connectivity index (χ1v) is 30.0. The van der Waals surface area contributed by atoms with E-state index >= 15 is 0 Å². The Kier molecular flexibility index (Phi) is 47.1. The van der Waals surface area contributed by atoms with Gasteiger partial charge in [0.2, 0.25) is 5.91 Å². The van der Waals surface area contributed by atoms with Gasteiger partial charge < -0.3 is 45.1 Å². The van der Waals surface area contributed by atoms with Gasteiger partial charge in [0.15, 0.2) is 6.29 Å². The monoisotopic (exact) mass is 996 g/mol. The molecule has 6 N–H and O–H groups in total. The molecule has 414 valence electrons. The number of aliphatic hydroxyl groups is 5. The predicted molar refractivity (Wildman–Crippen MR) is 288 cm³/mol. The summed E-state index contributed by atoms with van der Waals surface area (Å²) in [5.74, 6) is -0.189. The highest BCUT2D eigenvalue weighted by Crippen LogP contribution is 2.23. The second kappa shape index (κ2) is 49.6. The zero-order valence-electron chi connectivity index (χ0n) is 45.5. The molecule has 1 saturated heterocycles. The van der Waals surface area contributed by atoms with E-state index in [0.29, 0.717) is 19.4 Å². The molecule has 0 aromatic carbocycles. The molecule has 0 saturated carbocycles. The van der Waals surface area contributed by atoms with Gasteiger partial charge in [0.25, 0.3) is 0 Å². The number of unbranched alkanes of at least 4 members (excludes halogenated alkanes) is 38. The number of aliphatic hydroxyl groups excluding tert-OH is 5. The zero-order chi connectivity index (χ0) is 51.0. The van der Waals surface area contributed by atoms with E-state index in [1.54, 1.807) is 6.08 Å². The highest BCUT2D eigenvalue weighted by Gasteiger charge is 2.44. The minimum atomic E-state index is -1.57. The molecule has 70 heavy (non-hydrogen) atoms. The van der Waals surface area contributed by atoms with E-state index in [-0.39, 0.29) is 18.5 Å². The first-order valence-electron chi connectivity index (χ1n) is 30.0. The molecule has 1 fully saturated rings. The Hall–Kier alpha value is -1.60. The summed E-state index contributed by atoms with van der Waals surface area (Å²) in [5.41, 5.74) is 0. The van der Waals surface area contributed by atoms with Crippen LogP contribution in [0, 0.1) is 0 Å². The summed E-state index contributed by atoms with van der Waals surface area (Å²) in [4.78, 5) is 25.0. The van der Waals surface area contributed by atoms with Crippen molar-refractivity contribution in [2.45, 2.75) is 333 Å².